The number of carbonyl (C=O) groups is 3. The van der Waals surface area contributed by atoms with E-state index in [9.17, 15) is 14.4 Å². The zero-order chi connectivity index (χ0) is 21.5. The van der Waals surface area contributed by atoms with Crippen LogP contribution in [0.1, 0.15) is 60.2 Å². The first-order valence-corrected chi connectivity index (χ1v) is 10.8. The van der Waals surface area contributed by atoms with Gasteiger partial charge in [-0.3, -0.25) is 24.3 Å². The van der Waals surface area contributed by atoms with Crippen molar-refractivity contribution in [2.24, 2.45) is 4.99 Å². The van der Waals surface area contributed by atoms with Crippen LogP contribution in [0.4, 0.5) is 0 Å². The molecule has 0 aromatic heterocycles. The first kappa shape index (κ1) is 25.1. The summed E-state index contributed by atoms with van der Waals surface area (Å²) in [5.74, 6) is 0.520. The molecule has 3 rings (SSSR count). The van der Waals surface area contributed by atoms with Gasteiger partial charge in [-0.2, -0.15) is 0 Å². The molecule has 0 spiro atoms. The number of amides is 3. The van der Waals surface area contributed by atoms with Gasteiger partial charge in [0.05, 0.1) is 11.1 Å². The van der Waals surface area contributed by atoms with Gasteiger partial charge in [-0.15, -0.1) is 24.0 Å². The number of benzene rings is 1. The van der Waals surface area contributed by atoms with Crippen molar-refractivity contribution in [2.45, 2.75) is 45.6 Å². The minimum Gasteiger partial charge on any atom is -0.357 e. The largest absolute Gasteiger partial charge is 0.357 e. The summed E-state index contributed by atoms with van der Waals surface area (Å²) in [6.45, 7) is 7.15. The number of unbranched alkanes of at least 4 members (excludes halogenated alkanes) is 1. The molecule has 2 heterocycles. The van der Waals surface area contributed by atoms with E-state index < -0.39 is 0 Å². The summed E-state index contributed by atoms with van der Waals surface area (Å²) in [6, 6.07) is 7.16. The molecule has 1 aromatic rings. The summed E-state index contributed by atoms with van der Waals surface area (Å²) in [5.41, 5.74) is 0.984. The van der Waals surface area contributed by atoms with Crippen molar-refractivity contribution >= 4 is 47.7 Å². The van der Waals surface area contributed by atoms with Crippen LogP contribution in [0.2, 0.25) is 0 Å². The summed E-state index contributed by atoms with van der Waals surface area (Å²) in [4.78, 5) is 44.4. The fourth-order valence-corrected chi connectivity index (χ4v) is 3.86. The van der Waals surface area contributed by atoms with E-state index in [0.717, 1.165) is 31.9 Å². The van der Waals surface area contributed by atoms with E-state index in [1.165, 1.54) is 4.90 Å². The smallest absolute Gasteiger partial charge is 0.261 e. The molecule has 2 aliphatic rings. The number of nitrogens with one attached hydrogen (secondary N) is 2. The zero-order valence-corrected chi connectivity index (χ0v) is 20.6. The van der Waals surface area contributed by atoms with Gasteiger partial charge in [0.25, 0.3) is 11.8 Å². The summed E-state index contributed by atoms with van der Waals surface area (Å²) in [5, 5.41) is 6.65. The molecule has 1 unspecified atom stereocenters. The number of carbonyl (C=O) groups excluding carboxylic acids is 3. The highest BCUT2D eigenvalue weighted by molar-refractivity contribution is 14.0. The van der Waals surface area contributed by atoms with E-state index in [0.29, 0.717) is 43.6 Å². The number of nitrogens with zero attached hydrogens (tertiary/aromatic N) is 3. The monoisotopic (exact) mass is 541 g/mol. The Morgan fingerprint density at radius 1 is 1.13 bits per heavy atom. The number of fused-ring (bicyclic) bond motifs is 1. The van der Waals surface area contributed by atoms with Crippen LogP contribution in [0.15, 0.2) is 29.3 Å². The van der Waals surface area contributed by atoms with Gasteiger partial charge < -0.3 is 15.5 Å². The Hall–Kier alpha value is -2.17. The quantitative estimate of drug-likeness (QED) is 0.173. The molecule has 0 radical (unpaired) electrons. The molecule has 0 aliphatic carbocycles. The fourth-order valence-electron chi connectivity index (χ4n) is 3.86. The van der Waals surface area contributed by atoms with Crippen molar-refractivity contribution in [3.63, 3.8) is 0 Å². The number of hydrogen-bond donors (Lipinski definition) is 2. The summed E-state index contributed by atoms with van der Waals surface area (Å²) >= 11 is 0. The highest BCUT2D eigenvalue weighted by atomic mass is 127. The average Bonchev–Trinajstić information content (AvgIpc) is 3.31. The number of hydrogen-bond acceptors (Lipinski definition) is 4. The van der Waals surface area contributed by atoms with Gasteiger partial charge in [0.15, 0.2) is 5.96 Å². The molecular weight excluding hydrogens is 509 g/mol. The lowest BCUT2D eigenvalue weighted by Gasteiger charge is -2.18. The molecule has 1 aromatic carbocycles. The van der Waals surface area contributed by atoms with Crippen LogP contribution in [0, 0.1) is 0 Å². The van der Waals surface area contributed by atoms with Crippen molar-refractivity contribution in [3.05, 3.63) is 35.4 Å². The van der Waals surface area contributed by atoms with Crippen LogP contribution in [0.3, 0.4) is 0 Å². The van der Waals surface area contributed by atoms with Crippen molar-refractivity contribution in [1.29, 1.82) is 0 Å². The van der Waals surface area contributed by atoms with Gasteiger partial charge in [0.1, 0.15) is 0 Å². The predicted octanol–water partition coefficient (Wildman–Crippen LogP) is 2.25. The average molecular weight is 541 g/mol. The second-order valence-electron chi connectivity index (χ2n) is 7.60. The molecule has 2 aliphatic heterocycles. The molecule has 9 heteroatoms. The van der Waals surface area contributed by atoms with Gasteiger partial charge in [0, 0.05) is 45.2 Å². The van der Waals surface area contributed by atoms with Crippen molar-refractivity contribution < 1.29 is 14.4 Å². The maximum absolute atomic E-state index is 12.4. The molecular formula is C22H32IN5O3. The standard InChI is InChI=1S/C22H31N5O3.HI/c1-3-19(28)26-14-11-16(15-26)25-22(23-4-2)24-12-7-8-13-27-20(29)17-9-5-6-10-18(17)21(27)30;/h5-6,9-10,16H,3-4,7-8,11-15H2,1-2H3,(H2,23,24,25);1H. The Kier molecular flexibility index (Phi) is 9.73. The van der Waals surface area contributed by atoms with Crippen molar-refractivity contribution in [3.8, 4) is 0 Å². The van der Waals surface area contributed by atoms with Crippen molar-refractivity contribution in [1.82, 2.24) is 20.4 Å². The number of halogens is 1. The third kappa shape index (κ3) is 6.18. The Morgan fingerprint density at radius 3 is 2.42 bits per heavy atom. The second kappa shape index (κ2) is 12.0. The molecule has 2 N–H and O–H groups in total. The normalized spacial score (nSPS) is 18.1. The Bertz CT molecular complexity index is 794. The van der Waals surface area contributed by atoms with Crippen LogP contribution in [-0.4, -0.2) is 72.2 Å². The Balaban J connectivity index is 0.00000341. The third-order valence-electron chi connectivity index (χ3n) is 5.47. The van der Waals surface area contributed by atoms with Crippen LogP contribution < -0.4 is 10.6 Å². The summed E-state index contributed by atoms with van der Waals surface area (Å²) < 4.78 is 0. The van der Waals surface area contributed by atoms with E-state index >= 15 is 0 Å². The SMILES string of the molecule is CCNC(=NCCCCN1C(=O)c2ccccc2C1=O)NC1CCN(C(=O)CC)C1.I. The molecule has 1 saturated heterocycles. The number of aliphatic imine (C=N–C) groups is 1. The van der Waals surface area contributed by atoms with Crippen LogP contribution in [0.25, 0.3) is 0 Å². The van der Waals surface area contributed by atoms with Gasteiger partial charge in [0.2, 0.25) is 5.91 Å². The summed E-state index contributed by atoms with van der Waals surface area (Å²) in [6.07, 6.45) is 2.93. The molecule has 1 atom stereocenters. The lowest BCUT2D eigenvalue weighted by molar-refractivity contribution is -0.129. The fraction of sp³-hybridized carbons (Fsp3) is 0.545. The number of guanidine groups is 1. The number of rotatable bonds is 8. The number of likely N-dealkylation sites (tertiary alicyclic amines) is 1. The molecule has 31 heavy (non-hydrogen) atoms. The van der Waals surface area contributed by atoms with Crippen LogP contribution in [0.5, 0.6) is 0 Å². The molecule has 0 saturated carbocycles. The topological polar surface area (TPSA) is 94.1 Å². The van der Waals surface area contributed by atoms with E-state index in [4.69, 9.17) is 0 Å². The predicted molar refractivity (Wildman–Crippen MR) is 131 cm³/mol. The molecule has 1 fully saturated rings. The zero-order valence-electron chi connectivity index (χ0n) is 18.2. The van der Waals surface area contributed by atoms with Crippen molar-refractivity contribution in [2.75, 3.05) is 32.7 Å². The molecule has 3 amide bonds. The van der Waals surface area contributed by atoms with E-state index in [2.05, 4.69) is 15.6 Å². The van der Waals surface area contributed by atoms with E-state index in [-0.39, 0.29) is 47.7 Å². The van der Waals surface area contributed by atoms with Gasteiger partial charge >= 0.3 is 0 Å². The molecule has 0 bridgehead atoms. The third-order valence-corrected chi connectivity index (χ3v) is 5.47. The summed E-state index contributed by atoms with van der Waals surface area (Å²) in [7, 11) is 0. The highest BCUT2D eigenvalue weighted by Crippen LogP contribution is 2.22. The highest BCUT2D eigenvalue weighted by Gasteiger charge is 2.34. The Labute approximate surface area is 200 Å². The first-order chi connectivity index (χ1) is 14.5. The minimum absolute atomic E-state index is 0. The van der Waals surface area contributed by atoms with Crippen LogP contribution >= 0.6 is 24.0 Å². The lowest BCUT2D eigenvalue weighted by Crippen LogP contribution is -2.45. The maximum Gasteiger partial charge on any atom is 0.261 e. The first-order valence-electron chi connectivity index (χ1n) is 10.8. The van der Waals surface area contributed by atoms with Gasteiger partial charge in [-0.1, -0.05) is 19.1 Å². The van der Waals surface area contributed by atoms with Gasteiger partial charge in [-0.05, 0) is 38.3 Å². The maximum atomic E-state index is 12.4. The minimum atomic E-state index is -0.207. The second-order valence-corrected chi connectivity index (χ2v) is 7.60. The lowest BCUT2D eigenvalue weighted by atomic mass is 10.1. The van der Waals surface area contributed by atoms with E-state index in [1.54, 1.807) is 24.3 Å². The molecule has 8 nitrogen and oxygen atoms in total. The number of imide groups is 1. The Morgan fingerprint density at radius 2 is 1.81 bits per heavy atom. The van der Waals surface area contributed by atoms with Crippen LogP contribution in [-0.2, 0) is 4.79 Å². The molecule has 170 valence electrons. The van der Waals surface area contributed by atoms with E-state index in [1.807, 2.05) is 18.7 Å². The van der Waals surface area contributed by atoms with Gasteiger partial charge in [-0.25, -0.2) is 0 Å².